The fourth-order valence-electron chi connectivity index (χ4n) is 1.95. The molecule has 0 fully saturated rings. The summed E-state index contributed by atoms with van der Waals surface area (Å²) in [6.45, 7) is 10.1. The van der Waals surface area contributed by atoms with E-state index >= 15 is 0 Å². The molecular weight excluding hydrogens is 242 g/mol. The maximum atomic E-state index is 12.1. The molecule has 5 heteroatoms. The first kappa shape index (κ1) is 15.8. The van der Waals surface area contributed by atoms with Gasteiger partial charge in [-0.2, -0.15) is 5.10 Å². The molecule has 0 bridgehead atoms. The van der Waals surface area contributed by atoms with Crippen LogP contribution in [-0.4, -0.2) is 54.0 Å². The van der Waals surface area contributed by atoms with Crippen LogP contribution in [-0.2, 0) is 4.74 Å². The van der Waals surface area contributed by atoms with Gasteiger partial charge in [0.05, 0.1) is 0 Å². The van der Waals surface area contributed by atoms with E-state index in [-0.39, 0.29) is 6.09 Å². The monoisotopic (exact) mass is 269 g/mol. The Hall–Kier alpha value is -1.26. The Labute approximate surface area is 116 Å². The van der Waals surface area contributed by atoms with E-state index in [9.17, 15) is 4.79 Å². The number of amides is 1. The number of ether oxygens (including phenoxy) is 1. The summed E-state index contributed by atoms with van der Waals surface area (Å²) in [4.78, 5) is 13.9. The summed E-state index contributed by atoms with van der Waals surface area (Å²) in [7, 11) is 2.00. The van der Waals surface area contributed by atoms with Crippen LogP contribution in [0.3, 0.4) is 0 Å². The molecule has 0 saturated heterocycles. The summed E-state index contributed by atoms with van der Waals surface area (Å²) in [5, 5.41) is 6.46. The normalized spacial score (nSPS) is 21.6. The van der Waals surface area contributed by atoms with E-state index in [1.54, 1.807) is 4.90 Å². The molecule has 5 nitrogen and oxygen atoms in total. The van der Waals surface area contributed by atoms with Crippen molar-refractivity contribution in [1.29, 1.82) is 0 Å². The molecule has 1 rings (SSSR count). The second-order valence-corrected chi connectivity index (χ2v) is 6.14. The molecule has 0 aromatic heterocycles. The summed E-state index contributed by atoms with van der Waals surface area (Å²) < 4.78 is 5.44. The van der Waals surface area contributed by atoms with Crippen LogP contribution in [0.2, 0.25) is 0 Å². The second kappa shape index (κ2) is 6.78. The van der Waals surface area contributed by atoms with Gasteiger partial charge in [0.1, 0.15) is 5.60 Å². The molecular formula is C14H27N3O2. The second-order valence-electron chi connectivity index (χ2n) is 6.14. The zero-order valence-corrected chi connectivity index (χ0v) is 12.9. The maximum absolute atomic E-state index is 12.1. The van der Waals surface area contributed by atoms with Crippen LogP contribution in [0.15, 0.2) is 5.10 Å². The lowest BCUT2D eigenvalue weighted by molar-refractivity contribution is 0.0250. The van der Waals surface area contributed by atoms with Crippen molar-refractivity contribution < 1.29 is 9.53 Å². The Morgan fingerprint density at radius 3 is 2.47 bits per heavy atom. The van der Waals surface area contributed by atoms with Crippen LogP contribution >= 0.6 is 0 Å². The molecule has 0 N–H and O–H groups in total. The number of carbonyl (C=O) groups is 1. The summed E-state index contributed by atoms with van der Waals surface area (Å²) >= 11 is 0. The largest absolute Gasteiger partial charge is 0.444 e. The van der Waals surface area contributed by atoms with Crippen molar-refractivity contribution >= 4 is 11.8 Å². The van der Waals surface area contributed by atoms with Crippen LogP contribution in [0.4, 0.5) is 4.79 Å². The average Bonchev–Trinajstić information content (AvgIpc) is 2.25. The lowest BCUT2D eigenvalue weighted by Gasteiger charge is -2.28. The van der Waals surface area contributed by atoms with E-state index in [2.05, 4.69) is 5.10 Å². The van der Waals surface area contributed by atoms with Gasteiger partial charge in [0.2, 0.25) is 0 Å². The van der Waals surface area contributed by atoms with Gasteiger partial charge in [-0.05, 0) is 40.5 Å². The van der Waals surface area contributed by atoms with Crippen molar-refractivity contribution in [2.24, 2.45) is 5.10 Å². The number of rotatable bonds is 0. The third kappa shape index (κ3) is 6.45. The number of nitrogens with zero attached hydrogens (tertiary/aromatic N) is 3. The van der Waals surface area contributed by atoms with Crippen molar-refractivity contribution in [3.63, 3.8) is 0 Å². The van der Waals surface area contributed by atoms with E-state index < -0.39 is 5.60 Å². The minimum Gasteiger partial charge on any atom is -0.444 e. The molecule has 0 atom stereocenters. The minimum absolute atomic E-state index is 0.214. The summed E-state index contributed by atoms with van der Waals surface area (Å²) in [6, 6.07) is 0. The van der Waals surface area contributed by atoms with Crippen LogP contribution in [0.25, 0.3) is 0 Å². The first-order valence-corrected chi connectivity index (χ1v) is 7.01. The van der Waals surface area contributed by atoms with Crippen molar-refractivity contribution in [2.75, 3.05) is 26.7 Å². The third-order valence-electron chi connectivity index (χ3n) is 2.90. The molecule has 0 radical (unpaired) electrons. The zero-order valence-electron chi connectivity index (χ0n) is 12.9. The van der Waals surface area contributed by atoms with Crippen LogP contribution in [0.1, 0.15) is 47.0 Å². The molecule has 0 aliphatic carbocycles. The number of carbonyl (C=O) groups excluding carboxylic acids is 1. The first-order valence-electron chi connectivity index (χ1n) is 7.01. The van der Waals surface area contributed by atoms with Crippen molar-refractivity contribution in [2.45, 2.75) is 52.6 Å². The topological polar surface area (TPSA) is 45.1 Å². The molecule has 1 aliphatic rings. The van der Waals surface area contributed by atoms with Gasteiger partial charge in [0.15, 0.2) is 0 Å². The number of hydrogen-bond donors (Lipinski definition) is 0. The van der Waals surface area contributed by atoms with Crippen molar-refractivity contribution in [3.8, 4) is 0 Å². The quantitative estimate of drug-likeness (QED) is 0.679. The van der Waals surface area contributed by atoms with Gasteiger partial charge in [-0.15, -0.1) is 0 Å². The Bertz CT molecular complexity index is 334. The molecule has 110 valence electrons. The molecule has 0 aromatic rings. The third-order valence-corrected chi connectivity index (χ3v) is 2.90. The van der Waals surface area contributed by atoms with Gasteiger partial charge >= 0.3 is 6.09 Å². The van der Waals surface area contributed by atoms with Gasteiger partial charge in [-0.25, -0.2) is 4.79 Å². The van der Waals surface area contributed by atoms with Crippen molar-refractivity contribution in [1.82, 2.24) is 9.91 Å². The fraction of sp³-hybridized carbons (Fsp3) is 0.857. The highest BCUT2D eigenvalue weighted by molar-refractivity contribution is 5.82. The number of hydrogen-bond acceptors (Lipinski definition) is 4. The first-order chi connectivity index (χ1) is 8.78. The van der Waals surface area contributed by atoms with Gasteiger partial charge in [-0.1, -0.05) is 0 Å². The Morgan fingerprint density at radius 1 is 1.21 bits per heavy atom. The van der Waals surface area contributed by atoms with E-state index in [0.29, 0.717) is 6.54 Å². The fourth-order valence-corrected chi connectivity index (χ4v) is 1.95. The predicted molar refractivity (Wildman–Crippen MR) is 77.4 cm³/mol. The Balaban J connectivity index is 2.63. The highest BCUT2D eigenvalue weighted by Gasteiger charge is 2.22. The van der Waals surface area contributed by atoms with Gasteiger partial charge < -0.3 is 14.6 Å². The van der Waals surface area contributed by atoms with E-state index in [0.717, 1.165) is 38.1 Å². The highest BCUT2D eigenvalue weighted by atomic mass is 16.6. The van der Waals surface area contributed by atoms with E-state index in [4.69, 9.17) is 4.74 Å². The summed E-state index contributed by atoms with van der Waals surface area (Å²) in [5.74, 6) is 0. The van der Waals surface area contributed by atoms with Gasteiger partial charge in [0, 0.05) is 38.8 Å². The standard InChI is InChI=1S/C14H27N3O2/c1-12-8-11-17(13(18)19-14(2,3)4)10-7-6-9-16(5)15-12/h6-11H2,1-5H3/b15-12+. The SMILES string of the molecule is C/C1=N\N(C)CCCCN(C(=O)OC(C)(C)C)CC1. The number of hydrazone groups is 1. The molecule has 0 aromatic carbocycles. The zero-order chi connectivity index (χ0) is 14.5. The lowest BCUT2D eigenvalue weighted by atomic mass is 10.2. The van der Waals surface area contributed by atoms with Crippen LogP contribution < -0.4 is 0 Å². The van der Waals surface area contributed by atoms with E-state index in [1.807, 2.05) is 39.8 Å². The summed E-state index contributed by atoms with van der Waals surface area (Å²) in [5.41, 5.74) is 0.619. The summed E-state index contributed by atoms with van der Waals surface area (Å²) in [6.07, 6.45) is 2.60. The molecule has 0 spiro atoms. The Kier molecular flexibility index (Phi) is 5.63. The molecule has 0 unspecified atom stereocenters. The predicted octanol–water partition coefficient (Wildman–Crippen LogP) is 2.72. The van der Waals surface area contributed by atoms with Gasteiger partial charge in [0.25, 0.3) is 0 Å². The average molecular weight is 269 g/mol. The maximum Gasteiger partial charge on any atom is 0.410 e. The highest BCUT2D eigenvalue weighted by Crippen LogP contribution is 2.12. The van der Waals surface area contributed by atoms with Crippen LogP contribution in [0, 0.1) is 0 Å². The molecule has 1 heterocycles. The molecule has 0 saturated carbocycles. The van der Waals surface area contributed by atoms with Crippen LogP contribution in [0.5, 0.6) is 0 Å². The van der Waals surface area contributed by atoms with E-state index in [1.165, 1.54) is 0 Å². The molecule has 1 amide bonds. The minimum atomic E-state index is -0.435. The van der Waals surface area contributed by atoms with Crippen molar-refractivity contribution in [3.05, 3.63) is 0 Å². The molecule has 1 aliphatic heterocycles. The smallest absolute Gasteiger partial charge is 0.410 e. The Morgan fingerprint density at radius 2 is 1.84 bits per heavy atom. The lowest BCUT2D eigenvalue weighted by Crippen LogP contribution is -2.39. The van der Waals surface area contributed by atoms with Gasteiger partial charge in [-0.3, -0.25) is 0 Å². The molecule has 19 heavy (non-hydrogen) atoms.